The first kappa shape index (κ1) is 23.5. The lowest BCUT2D eigenvalue weighted by atomic mass is 9.71. The van der Waals surface area contributed by atoms with Gasteiger partial charge in [0.25, 0.3) is 5.91 Å². The molecular weight excluding hydrogens is 411 g/mol. The Kier molecular flexibility index (Phi) is 6.65. The minimum atomic E-state index is -3.24. The molecule has 0 radical (unpaired) electrons. The number of benzene rings is 1. The smallest absolute Gasteiger partial charge is 0.387 e. The molecule has 0 aromatic heterocycles. The average Bonchev–Trinajstić information content (AvgIpc) is 2.60. The Balaban J connectivity index is 2.59. The van der Waals surface area contributed by atoms with E-state index < -0.39 is 53.1 Å². The second-order valence-corrected chi connectivity index (χ2v) is 7.62. The van der Waals surface area contributed by atoms with E-state index in [9.17, 15) is 32.7 Å². The van der Waals surface area contributed by atoms with Crippen molar-refractivity contribution in [2.45, 2.75) is 46.0 Å². The van der Waals surface area contributed by atoms with Gasteiger partial charge in [-0.05, 0) is 12.1 Å². The molecule has 1 aromatic carbocycles. The van der Waals surface area contributed by atoms with E-state index in [4.69, 9.17) is 9.47 Å². The number of rotatable bonds is 6. The van der Waals surface area contributed by atoms with Crippen LogP contribution in [0, 0.1) is 11.2 Å². The fourth-order valence-corrected chi connectivity index (χ4v) is 3.32. The van der Waals surface area contributed by atoms with Crippen LogP contribution < -0.4 is 9.64 Å². The molecule has 11 heteroatoms. The number of nitrogens with zero attached hydrogens (tertiary/aromatic N) is 1. The SMILES string of the molecule is CC(=O)O[C@@](C(=O)O)([C@H]1OCCN(c2cc(F)ccc2OC(F)F)C1=O)C(C)(C)C. The summed E-state index contributed by atoms with van der Waals surface area (Å²) in [6.07, 6.45) is -1.82. The summed E-state index contributed by atoms with van der Waals surface area (Å²) in [5.74, 6) is -4.92. The Hall–Kier alpha value is -2.82. The molecule has 1 fully saturated rings. The molecule has 0 saturated carbocycles. The number of esters is 1. The molecule has 8 nitrogen and oxygen atoms in total. The van der Waals surface area contributed by atoms with Gasteiger partial charge in [-0.1, -0.05) is 20.8 Å². The fourth-order valence-electron chi connectivity index (χ4n) is 3.32. The normalized spacial score (nSPS) is 19.4. The van der Waals surface area contributed by atoms with E-state index in [0.29, 0.717) is 0 Å². The number of halogens is 3. The van der Waals surface area contributed by atoms with Crippen molar-refractivity contribution in [2.24, 2.45) is 5.41 Å². The van der Waals surface area contributed by atoms with Crippen molar-refractivity contribution in [3.8, 4) is 5.75 Å². The molecule has 0 spiro atoms. The summed E-state index contributed by atoms with van der Waals surface area (Å²) in [5.41, 5.74) is -4.09. The van der Waals surface area contributed by atoms with Crippen molar-refractivity contribution in [1.29, 1.82) is 0 Å². The zero-order valence-electron chi connectivity index (χ0n) is 16.8. The van der Waals surface area contributed by atoms with Gasteiger partial charge in [-0.25, -0.2) is 9.18 Å². The second-order valence-electron chi connectivity index (χ2n) is 7.62. The van der Waals surface area contributed by atoms with Crippen molar-refractivity contribution in [2.75, 3.05) is 18.1 Å². The molecule has 2 atom stereocenters. The van der Waals surface area contributed by atoms with E-state index in [2.05, 4.69) is 4.74 Å². The van der Waals surface area contributed by atoms with Crippen LogP contribution in [0.4, 0.5) is 18.9 Å². The number of hydrogen-bond donors (Lipinski definition) is 1. The van der Waals surface area contributed by atoms with Crippen LogP contribution in [-0.4, -0.2) is 54.4 Å². The molecule has 0 unspecified atom stereocenters. The quantitative estimate of drug-likeness (QED) is 0.688. The number of aliphatic carboxylic acids is 1. The monoisotopic (exact) mass is 433 g/mol. The Morgan fingerprint density at radius 2 is 1.93 bits per heavy atom. The summed E-state index contributed by atoms with van der Waals surface area (Å²) in [6.45, 7) is 1.63. The highest BCUT2D eigenvalue weighted by atomic mass is 19.3. The van der Waals surface area contributed by atoms with Crippen molar-refractivity contribution in [3.63, 3.8) is 0 Å². The molecule has 166 valence electrons. The van der Waals surface area contributed by atoms with Gasteiger partial charge < -0.3 is 24.2 Å². The minimum absolute atomic E-state index is 0.196. The van der Waals surface area contributed by atoms with Gasteiger partial charge in [0.15, 0.2) is 6.10 Å². The second kappa shape index (κ2) is 8.50. The van der Waals surface area contributed by atoms with Crippen molar-refractivity contribution >= 4 is 23.5 Å². The zero-order valence-corrected chi connectivity index (χ0v) is 16.8. The lowest BCUT2D eigenvalue weighted by molar-refractivity contribution is -0.218. The van der Waals surface area contributed by atoms with Gasteiger partial charge in [0.05, 0.1) is 12.3 Å². The first-order valence-corrected chi connectivity index (χ1v) is 8.91. The largest absolute Gasteiger partial charge is 0.478 e. The lowest BCUT2D eigenvalue weighted by Gasteiger charge is -2.46. The lowest BCUT2D eigenvalue weighted by Crippen LogP contribution is -2.68. The number of carboxylic acid groups (broad SMARTS) is 1. The number of hydrogen-bond acceptors (Lipinski definition) is 6. The van der Waals surface area contributed by atoms with Gasteiger partial charge >= 0.3 is 18.6 Å². The Morgan fingerprint density at radius 3 is 2.43 bits per heavy atom. The van der Waals surface area contributed by atoms with Crippen LogP contribution >= 0.6 is 0 Å². The summed E-state index contributed by atoms with van der Waals surface area (Å²) < 4.78 is 54.2. The van der Waals surface area contributed by atoms with Gasteiger partial charge in [-0.15, -0.1) is 0 Å². The number of amides is 1. The molecule has 1 heterocycles. The summed E-state index contributed by atoms with van der Waals surface area (Å²) in [6, 6.07) is 2.61. The summed E-state index contributed by atoms with van der Waals surface area (Å²) in [5, 5.41) is 9.94. The standard InChI is InChI=1S/C19H22F3NO7/c1-10(24)30-19(16(26)27,18(2,3)4)14-15(25)23(7-8-28-14)12-9-11(20)5-6-13(12)29-17(21)22/h5-6,9,14,17H,7-8H2,1-4H3,(H,26,27)/t14-,19+/m0/s1. The van der Waals surface area contributed by atoms with Crippen LogP contribution in [0.1, 0.15) is 27.7 Å². The topological polar surface area (TPSA) is 102 Å². The molecule has 0 bridgehead atoms. The summed E-state index contributed by atoms with van der Waals surface area (Å²) in [7, 11) is 0. The molecule has 30 heavy (non-hydrogen) atoms. The molecule has 1 saturated heterocycles. The zero-order chi connectivity index (χ0) is 22.9. The fraction of sp³-hybridized carbons (Fsp3) is 0.526. The maximum absolute atomic E-state index is 13.8. The Labute approximate surface area is 170 Å². The van der Waals surface area contributed by atoms with Crippen LogP contribution in [0.3, 0.4) is 0 Å². The van der Waals surface area contributed by atoms with Crippen LogP contribution in [0.2, 0.25) is 0 Å². The molecule has 1 aliphatic heterocycles. The van der Waals surface area contributed by atoms with Crippen LogP contribution in [0.15, 0.2) is 18.2 Å². The average molecular weight is 433 g/mol. The third-order valence-corrected chi connectivity index (χ3v) is 4.62. The maximum atomic E-state index is 13.8. The molecule has 1 N–H and O–H groups in total. The Bertz CT molecular complexity index is 840. The van der Waals surface area contributed by atoms with E-state index in [1.54, 1.807) is 0 Å². The van der Waals surface area contributed by atoms with E-state index in [1.807, 2.05) is 0 Å². The van der Waals surface area contributed by atoms with Gasteiger partial charge in [-0.2, -0.15) is 8.78 Å². The number of ether oxygens (including phenoxy) is 3. The molecule has 1 aliphatic rings. The van der Waals surface area contributed by atoms with E-state index in [-0.39, 0.29) is 18.8 Å². The predicted octanol–water partition coefficient (Wildman–Crippen LogP) is 2.59. The molecule has 2 rings (SSSR count). The van der Waals surface area contributed by atoms with Crippen LogP contribution in [0.5, 0.6) is 5.75 Å². The molecular formula is C19H22F3NO7. The number of carbonyl (C=O) groups is 3. The molecule has 1 amide bonds. The van der Waals surface area contributed by atoms with Gasteiger partial charge in [-0.3, -0.25) is 9.59 Å². The van der Waals surface area contributed by atoms with Crippen LogP contribution in [-0.2, 0) is 23.9 Å². The highest BCUT2D eigenvalue weighted by Gasteiger charge is 2.63. The first-order chi connectivity index (χ1) is 13.8. The maximum Gasteiger partial charge on any atom is 0.387 e. The van der Waals surface area contributed by atoms with E-state index >= 15 is 0 Å². The third-order valence-electron chi connectivity index (χ3n) is 4.62. The minimum Gasteiger partial charge on any atom is -0.478 e. The van der Waals surface area contributed by atoms with Gasteiger partial charge in [0.1, 0.15) is 11.6 Å². The number of morpholine rings is 1. The van der Waals surface area contributed by atoms with Crippen molar-refractivity contribution in [1.82, 2.24) is 0 Å². The first-order valence-electron chi connectivity index (χ1n) is 8.91. The van der Waals surface area contributed by atoms with Crippen molar-refractivity contribution in [3.05, 3.63) is 24.0 Å². The summed E-state index contributed by atoms with van der Waals surface area (Å²) >= 11 is 0. The highest BCUT2D eigenvalue weighted by Crippen LogP contribution is 2.42. The predicted molar refractivity (Wildman–Crippen MR) is 96.7 cm³/mol. The third kappa shape index (κ3) is 4.35. The molecule has 0 aliphatic carbocycles. The number of carbonyl (C=O) groups excluding carboxylic acids is 2. The van der Waals surface area contributed by atoms with E-state index in [0.717, 1.165) is 30.0 Å². The Morgan fingerprint density at radius 1 is 1.30 bits per heavy atom. The van der Waals surface area contributed by atoms with Gasteiger partial charge in [0.2, 0.25) is 5.60 Å². The van der Waals surface area contributed by atoms with E-state index in [1.165, 1.54) is 20.8 Å². The van der Waals surface area contributed by atoms with Gasteiger partial charge in [0, 0.05) is 24.9 Å². The number of anilines is 1. The molecule has 1 aromatic rings. The summed E-state index contributed by atoms with van der Waals surface area (Å²) in [4.78, 5) is 38.1. The number of alkyl halides is 2. The highest BCUT2D eigenvalue weighted by molar-refractivity contribution is 6.03. The van der Waals surface area contributed by atoms with Crippen LogP contribution in [0.25, 0.3) is 0 Å². The number of carboxylic acids is 1. The van der Waals surface area contributed by atoms with Crippen molar-refractivity contribution < 1.29 is 46.9 Å².